The van der Waals surface area contributed by atoms with Crippen LogP contribution in [0.25, 0.3) is 0 Å². The van der Waals surface area contributed by atoms with E-state index in [2.05, 4.69) is 0 Å². The van der Waals surface area contributed by atoms with Gasteiger partial charge < -0.3 is 20.4 Å². The Labute approximate surface area is 154 Å². The van der Waals surface area contributed by atoms with E-state index in [0.717, 1.165) is 0 Å². The van der Waals surface area contributed by atoms with E-state index in [1.165, 1.54) is 0 Å². The Morgan fingerprint density at radius 3 is 0.947 bits per heavy atom. The maximum absolute atomic E-state index is 9.64. The van der Waals surface area contributed by atoms with E-state index in [-0.39, 0.29) is 80.0 Å². The van der Waals surface area contributed by atoms with Crippen molar-refractivity contribution in [2.24, 2.45) is 0 Å². The van der Waals surface area contributed by atoms with Crippen LogP contribution in [-0.2, 0) is 86.3 Å². The Morgan fingerprint density at radius 1 is 0.632 bits per heavy atom. The zero-order chi connectivity index (χ0) is 13.1. The summed E-state index contributed by atoms with van der Waals surface area (Å²) in [5, 5.41) is 31.4. The van der Waals surface area contributed by atoms with Crippen LogP contribution in [0.15, 0.2) is 12.2 Å². The molecule has 4 N–H and O–H groups in total. The summed E-state index contributed by atoms with van der Waals surface area (Å²) < 4.78 is 0. The van der Waals surface area contributed by atoms with Crippen molar-refractivity contribution in [2.45, 2.75) is 12.8 Å². The second-order valence-electron chi connectivity index (χ2n) is 2.30. The summed E-state index contributed by atoms with van der Waals surface area (Å²) in [4.78, 5) is 38.4. The Hall–Kier alpha value is -0.159. The van der Waals surface area contributed by atoms with E-state index in [1.807, 2.05) is 0 Å². The fourth-order valence-corrected chi connectivity index (χ4v) is 0.356. The van der Waals surface area contributed by atoms with Gasteiger partial charge in [-0.15, -0.1) is 0 Å². The SMILES string of the molecule is O=C(O)/C=C/C(=O)O.O=C(O)CCC(=O)O.[Ag].[Ag].[Ag]. The second kappa shape index (κ2) is 20.2. The van der Waals surface area contributed by atoms with Gasteiger partial charge >= 0.3 is 23.9 Å². The summed E-state index contributed by atoms with van der Waals surface area (Å²) in [5.41, 5.74) is 0. The van der Waals surface area contributed by atoms with E-state index in [0.29, 0.717) is 12.2 Å². The van der Waals surface area contributed by atoms with Gasteiger partial charge in [0, 0.05) is 79.3 Å². The molecule has 0 aliphatic carbocycles. The number of carbonyl (C=O) groups is 4. The first-order valence-corrected chi connectivity index (χ1v) is 3.83. The molecule has 0 atom stereocenters. The molecule has 0 aromatic heterocycles. The van der Waals surface area contributed by atoms with Gasteiger partial charge in [-0.05, 0) is 0 Å². The molecule has 8 nitrogen and oxygen atoms in total. The third-order valence-corrected chi connectivity index (χ3v) is 0.921. The molecule has 0 aromatic rings. The van der Waals surface area contributed by atoms with Crippen molar-refractivity contribution in [3.8, 4) is 0 Å². The molecule has 11 heteroatoms. The maximum Gasteiger partial charge on any atom is 0.328 e. The van der Waals surface area contributed by atoms with Crippen molar-refractivity contribution < 1.29 is 107 Å². The van der Waals surface area contributed by atoms with Crippen molar-refractivity contribution in [3.05, 3.63) is 12.2 Å². The first-order chi connectivity index (χ1) is 7.25. The van der Waals surface area contributed by atoms with E-state index >= 15 is 0 Å². The van der Waals surface area contributed by atoms with Gasteiger partial charge in [0.25, 0.3) is 0 Å². The van der Waals surface area contributed by atoms with Crippen LogP contribution >= 0.6 is 0 Å². The minimum atomic E-state index is -1.26. The fourth-order valence-electron chi connectivity index (χ4n) is 0.356. The van der Waals surface area contributed by atoms with Gasteiger partial charge in [-0.25, -0.2) is 9.59 Å². The number of aliphatic carboxylic acids is 4. The van der Waals surface area contributed by atoms with Gasteiger partial charge in [0.05, 0.1) is 12.8 Å². The van der Waals surface area contributed by atoms with Crippen LogP contribution in [-0.4, -0.2) is 44.3 Å². The van der Waals surface area contributed by atoms with Gasteiger partial charge in [-0.2, -0.15) is 0 Å². The van der Waals surface area contributed by atoms with Crippen LogP contribution in [0.2, 0.25) is 0 Å². The van der Waals surface area contributed by atoms with E-state index < -0.39 is 23.9 Å². The number of rotatable bonds is 5. The minimum absolute atomic E-state index is 0. The average molecular weight is 558 g/mol. The smallest absolute Gasteiger partial charge is 0.328 e. The molecular weight excluding hydrogens is 548 g/mol. The Morgan fingerprint density at radius 2 is 0.842 bits per heavy atom. The first-order valence-electron chi connectivity index (χ1n) is 3.83. The third kappa shape index (κ3) is 46.2. The molecule has 0 bridgehead atoms. The molecule has 0 saturated carbocycles. The number of carboxylic acid groups (broad SMARTS) is 4. The van der Waals surface area contributed by atoms with Crippen molar-refractivity contribution in [3.63, 3.8) is 0 Å². The predicted octanol–water partition coefficient (Wildman–Crippen LogP) is -0.360. The molecule has 0 fully saturated rings. The molecule has 0 spiro atoms. The Bertz CT molecular complexity index is 285. The van der Waals surface area contributed by atoms with E-state index in [9.17, 15) is 19.2 Å². The van der Waals surface area contributed by atoms with Crippen molar-refractivity contribution in [2.75, 3.05) is 0 Å². The summed E-state index contributed by atoms with van der Waals surface area (Å²) in [7, 11) is 0. The molecule has 0 rings (SSSR count). The Kier molecular flexibility index (Phi) is 33.2. The van der Waals surface area contributed by atoms with Crippen molar-refractivity contribution in [1.82, 2.24) is 0 Å². The van der Waals surface area contributed by atoms with Crippen LogP contribution in [0.1, 0.15) is 12.8 Å². The van der Waals surface area contributed by atoms with E-state index in [1.54, 1.807) is 0 Å². The molecule has 0 aliphatic rings. The van der Waals surface area contributed by atoms with E-state index in [4.69, 9.17) is 20.4 Å². The normalized spacial score (nSPS) is 7.58. The quantitative estimate of drug-likeness (QED) is 0.265. The summed E-state index contributed by atoms with van der Waals surface area (Å²) >= 11 is 0. The molecule has 3 radical (unpaired) electrons. The minimum Gasteiger partial charge on any atom is -0.481 e. The number of carboxylic acids is 4. The largest absolute Gasteiger partial charge is 0.481 e. The Balaban J connectivity index is -0.0000000594. The van der Waals surface area contributed by atoms with Crippen LogP contribution in [0.4, 0.5) is 0 Å². The third-order valence-electron chi connectivity index (χ3n) is 0.921. The molecule has 0 unspecified atom stereocenters. The molecule has 123 valence electrons. The molecular formula is C8H10Ag3O8. The summed E-state index contributed by atoms with van der Waals surface area (Å²) in [5.74, 6) is -4.67. The summed E-state index contributed by atoms with van der Waals surface area (Å²) in [6, 6.07) is 0. The molecule has 0 saturated heterocycles. The molecule has 0 aliphatic heterocycles. The molecule has 0 amide bonds. The average Bonchev–Trinajstić information content (AvgIpc) is 2.12. The zero-order valence-corrected chi connectivity index (χ0v) is 13.3. The maximum atomic E-state index is 9.64. The van der Waals surface area contributed by atoms with Gasteiger partial charge in [-0.1, -0.05) is 0 Å². The van der Waals surface area contributed by atoms with Crippen LogP contribution < -0.4 is 0 Å². The first kappa shape index (κ1) is 31.3. The molecule has 0 heterocycles. The standard InChI is InChI=1S/C4H6O4.C4H4O4.3Ag/c2*5-3(6)1-2-4(7)8;;;/h1-2H2,(H,5,6)(H,7,8);1-2H,(H,5,6)(H,7,8);;;/b;2-1+;;;. The number of hydrogen-bond acceptors (Lipinski definition) is 4. The molecule has 19 heavy (non-hydrogen) atoms. The summed E-state index contributed by atoms with van der Waals surface area (Å²) in [6.45, 7) is 0. The van der Waals surface area contributed by atoms with Crippen LogP contribution in [0, 0.1) is 0 Å². The van der Waals surface area contributed by atoms with Crippen LogP contribution in [0.3, 0.4) is 0 Å². The van der Waals surface area contributed by atoms with Crippen molar-refractivity contribution >= 4 is 23.9 Å². The number of hydrogen-bond donors (Lipinski definition) is 4. The summed E-state index contributed by atoms with van der Waals surface area (Å²) in [6.07, 6.45) is 0.523. The molecule has 0 aromatic carbocycles. The van der Waals surface area contributed by atoms with Crippen LogP contribution in [0.5, 0.6) is 0 Å². The van der Waals surface area contributed by atoms with Gasteiger partial charge in [0.2, 0.25) is 0 Å². The fraction of sp³-hybridized carbons (Fsp3) is 0.250. The van der Waals surface area contributed by atoms with Gasteiger partial charge in [0.15, 0.2) is 0 Å². The second-order valence-corrected chi connectivity index (χ2v) is 2.30. The predicted molar refractivity (Wildman–Crippen MR) is 48.9 cm³/mol. The monoisotopic (exact) mass is 555 g/mol. The van der Waals surface area contributed by atoms with Gasteiger partial charge in [0.1, 0.15) is 0 Å². The topological polar surface area (TPSA) is 149 Å². The zero-order valence-electron chi connectivity index (χ0n) is 8.90. The van der Waals surface area contributed by atoms with Gasteiger partial charge in [-0.3, -0.25) is 9.59 Å². The van der Waals surface area contributed by atoms with Crippen molar-refractivity contribution in [1.29, 1.82) is 0 Å².